The molecule has 2 rings (SSSR count). The van der Waals surface area contributed by atoms with E-state index in [0.29, 0.717) is 0 Å². The third-order valence-corrected chi connectivity index (χ3v) is 5.47. The number of hydrogen-bond acceptors (Lipinski definition) is 3. The number of likely N-dealkylation sites (tertiary alicyclic amines) is 2. The van der Waals surface area contributed by atoms with E-state index in [-0.39, 0.29) is 0 Å². The van der Waals surface area contributed by atoms with Crippen LogP contribution < -0.4 is 5.32 Å². The van der Waals surface area contributed by atoms with Crippen LogP contribution in [0, 0.1) is 17.8 Å². The Kier molecular flexibility index (Phi) is 8.33. The number of methoxy groups -OCH3 is 1. The Morgan fingerprint density at radius 2 is 1.88 bits per heavy atom. The second-order valence-corrected chi connectivity index (χ2v) is 7.94. The quantitative estimate of drug-likeness (QED) is 0.571. The van der Waals surface area contributed by atoms with E-state index in [1.807, 2.05) is 7.05 Å². The molecule has 0 bridgehead atoms. The van der Waals surface area contributed by atoms with Crippen molar-refractivity contribution in [3.63, 3.8) is 0 Å². The number of piperidine rings is 1. The summed E-state index contributed by atoms with van der Waals surface area (Å²) in [5.41, 5.74) is 0. The molecule has 0 radical (unpaired) electrons. The van der Waals surface area contributed by atoms with Gasteiger partial charge in [-0.1, -0.05) is 13.8 Å². The van der Waals surface area contributed by atoms with E-state index in [4.69, 9.17) is 4.74 Å². The first-order valence-corrected chi connectivity index (χ1v) is 9.79. The molecule has 0 aromatic rings. The van der Waals surface area contributed by atoms with E-state index in [1.165, 1.54) is 45.3 Å². The Balaban J connectivity index is 1.68. The van der Waals surface area contributed by atoms with Gasteiger partial charge >= 0.3 is 0 Å². The van der Waals surface area contributed by atoms with Crippen molar-refractivity contribution in [2.24, 2.45) is 22.7 Å². The molecule has 1 N–H and O–H groups in total. The normalized spacial score (nSPS) is 24.1. The lowest BCUT2D eigenvalue weighted by molar-refractivity contribution is 0.120. The lowest BCUT2D eigenvalue weighted by Gasteiger charge is -2.32. The Labute approximate surface area is 148 Å². The molecule has 1 unspecified atom stereocenters. The van der Waals surface area contributed by atoms with Crippen LogP contribution in [0.5, 0.6) is 0 Å². The van der Waals surface area contributed by atoms with Crippen molar-refractivity contribution in [1.29, 1.82) is 0 Å². The summed E-state index contributed by atoms with van der Waals surface area (Å²) in [5.74, 6) is 3.53. The molecule has 2 heterocycles. The average Bonchev–Trinajstić information content (AvgIpc) is 3.02. The van der Waals surface area contributed by atoms with Gasteiger partial charge in [-0.05, 0) is 56.5 Å². The summed E-state index contributed by atoms with van der Waals surface area (Å²) in [4.78, 5) is 9.51. The van der Waals surface area contributed by atoms with E-state index in [0.717, 1.165) is 50.0 Å². The van der Waals surface area contributed by atoms with Crippen LogP contribution in [-0.4, -0.2) is 75.8 Å². The second-order valence-electron chi connectivity index (χ2n) is 7.94. The third kappa shape index (κ3) is 6.25. The molecular weight excluding hydrogens is 300 g/mol. The molecule has 0 aromatic heterocycles. The number of aliphatic imine (C=N–C) groups is 1. The highest BCUT2D eigenvalue weighted by atomic mass is 16.5. The van der Waals surface area contributed by atoms with E-state index >= 15 is 0 Å². The minimum Gasteiger partial charge on any atom is -0.383 e. The van der Waals surface area contributed by atoms with Crippen molar-refractivity contribution in [3.8, 4) is 0 Å². The van der Waals surface area contributed by atoms with Crippen molar-refractivity contribution >= 4 is 5.96 Å². The van der Waals surface area contributed by atoms with Gasteiger partial charge in [-0.2, -0.15) is 0 Å². The molecule has 2 fully saturated rings. The van der Waals surface area contributed by atoms with Gasteiger partial charge in [0, 0.05) is 40.3 Å². The van der Waals surface area contributed by atoms with Gasteiger partial charge in [-0.25, -0.2) is 0 Å². The zero-order chi connectivity index (χ0) is 17.4. The number of nitrogens with zero attached hydrogens (tertiary/aromatic N) is 3. The van der Waals surface area contributed by atoms with E-state index in [9.17, 15) is 0 Å². The largest absolute Gasteiger partial charge is 0.383 e. The third-order valence-electron chi connectivity index (χ3n) is 5.47. The first kappa shape index (κ1) is 19.5. The van der Waals surface area contributed by atoms with Crippen LogP contribution in [0.15, 0.2) is 4.99 Å². The summed E-state index contributed by atoms with van der Waals surface area (Å²) in [7, 11) is 3.71. The summed E-state index contributed by atoms with van der Waals surface area (Å²) in [5, 5.41) is 3.65. The second kappa shape index (κ2) is 10.2. The molecule has 0 spiro atoms. The summed E-state index contributed by atoms with van der Waals surface area (Å²) in [6.45, 7) is 12.4. The SMILES string of the molecule is CN=C(NCC1CCN(CCOC)CC1)N1CCC(CC(C)C)C1. The van der Waals surface area contributed by atoms with Gasteiger partial charge in [-0.15, -0.1) is 0 Å². The predicted octanol–water partition coefficient (Wildman–Crippen LogP) is 2.29. The maximum Gasteiger partial charge on any atom is 0.193 e. The highest BCUT2D eigenvalue weighted by Gasteiger charge is 2.26. The Morgan fingerprint density at radius 1 is 1.17 bits per heavy atom. The number of rotatable bonds is 7. The van der Waals surface area contributed by atoms with Crippen LogP contribution in [0.2, 0.25) is 0 Å². The molecular formula is C19H38N4O. The fourth-order valence-corrected chi connectivity index (χ4v) is 4.09. The van der Waals surface area contributed by atoms with Gasteiger partial charge in [0.25, 0.3) is 0 Å². The Morgan fingerprint density at radius 3 is 2.50 bits per heavy atom. The average molecular weight is 339 g/mol. The Hall–Kier alpha value is -0.810. The van der Waals surface area contributed by atoms with Gasteiger partial charge in [0.2, 0.25) is 0 Å². The van der Waals surface area contributed by atoms with Gasteiger partial charge in [-0.3, -0.25) is 4.99 Å². The smallest absolute Gasteiger partial charge is 0.193 e. The molecule has 0 saturated carbocycles. The molecule has 2 aliphatic heterocycles. The summed E-state index contributed by atoms with van der Waals surface area (Å²) >= 11 is 0. The van der Waals surface area contributed by atoms with Crippen molar-refractivity contribution in [1.82, 2.24) is 15.1 Å². The van der Waals surface area contributed by atoms with E-state index in [2.05, 4.69) is 34.0 Å². The van der Waals surface area contributed by atoms with Crippen LogP contribution in [0.25, 0.3) is 0 Å². The minimum atomic E-state index is 0.773. The summed E-state index contributed by atoms with van der Waals surface area (Å²) in [6, 6.07) is 0. The lowest BCUT2D eigenvalue weighted by Crippen LogP contribution is -2.44. The molecule has 0 aromatic carbocycles. The molecule has 1 atom stereocenters. The highest BCUT2D eigenvalue weighted by Crippen LogP contribution is 2.23. The van der Waals surface area contributed by atoms with Gasteiger partial charge in [0.1, 0.15) is 0 Å². The van der Waals surface area contributed by atoms with Gasteiger partial charge in [0.15, 0.2) is 5.96 Å². The molecule has 2 aliphatic rings. The zero-order valence-corrected chi connectivity index (χ0v) is 16.3. The standard InChI is InChI=1S/C19H38N4O/c1-16(2)13-18-7-10-23(15-18)19(20-3)21-14-17-5-8-22(9-6-17)11-12-24-4/h16-18H,5-15H2,1-4H3,(H,20,21). The van der Waals surface area contributed by atoms with Gasteiger partial charge < -0.3 is 19.9 Å². The maximum atomic E-state index is 5.18. The number of guanidine groups is 1. The van der Waals surface area contributed by atoms with E-state index in [1.54, 1.807) is 7.11 Å². The van der Waals surface area contributed by atoms with Crippen LogP contribution in [-0.2, 0) is 4.74 Å². The van der Waals surface area contributed by atoms with Crippen molar-refractivity contribution in [2.45, 2.75) is 39.5 Å². The van der Waals surface area contributed by atoms with E-state index < -0.39 is 0 Å². The van der Waals surface area contributed by atoms with Crippen LogP contribution in [0.3, 0.4) is 0 Å². The summed E-state index contributed by atoms with van der Waals surface area (Å²) in [6.07, 6.45) is 5.22. The number of hydrogen-bond donors (Lipinski definition) is 1. The van der Waals surface area contributed by atoms with Crippen molar-refractivity contribution < 1.29 is 4.74 Å². The number of nitrogens with one attached hydrogen (secondary N) is 1. The molecule has 5 nitrogen and oxygen atoms in total. The molecule has 140 valence electrons. The monoisotopic (exact) mass is 338 g/mol. The molecule has 0 aliphatic carbocycles. The molecule has 24 heavy (non-hydrogen) atoms. The van der Waals surface area contributed by atoms with Crippen LogP contribution in [0.1, 0.15) is 39.5 Å². The highest BCUT2D eigenvalue weighted by molar-refractivity contribution is 5.80. The summed E-state index contributed by atoms with van der Waals surface area (Å²) < 4.78 is 5.18. The lowest BCUT2D eigenvalue weighted by atomic mass is 9.96. The molecule has 2 saturated heterocycles. The molecule has 0 amide bonds. The number of ether oxygens (including phenoxy) is 1. The first-order chi connectivity index (χ1) is 11.6. The maximum absolute atomic E-state index is 5.18. The first-order valence-electron chi connectivity index (χ1n) is 9.79. The fourth-order valence-electron chi connectivity index (χ4n) is 4.09. The Bertz CT molecular complexity index is 378. The fraction of sp³-hybridized carbons (Fsp3) is 0.947. The van der Waals surface area contributed by atoms with Crippen LogP contribution in [0.4, 0.5) is 0 Å². The topological polar surface area (TPSA) is 40.1 Å². The zero-order valence-electron chi connectivity index (χ0n) is 16.3. The van der Waals surface area contributed by atoms with Crippen LogP contribution >= 0.6 is 0 Å². The van der Waals surface area contributed by atoms with Gasteiger partial charge in [0.05, 0.1) is 6.61 Å². The molecule has 5 heteroatoms. The van der Waals surface area contributed by atoms with Crippen molar-refractivity contribution in [3.05, 3.63) is 0 Å². The van der Waals surface area contributed by atoms with Crippen molar-refractivity contribution in [2.75, 3.05) is 60.0 Å². The predicted molar refractivity (Wildman–Crippen MR) is 102 cm³/mol. The minimum absolute atomic E-state index is 0.773.